The first-order valence-electron chi connectivity index (χ1n) is 7.33. The van der Waals surface area contributed by atoms with Crippen LogP contribution in [0.2, 0.25) is 0 Å². The number of halogens is 3. The zero-order valence-electron chi connectivity index (χ0n) is 12.6. The summed E-state index contributed by atoms with van der Waals surface area (Å²) in [6, 6.07) is 2.14. The van der Waals surface area contributed by atoms with Crippen molar-refractivity contribution in [2.24, 2.45) is 5.92 Å². The Hall–Kier alpha value is -1.79. The number of ether oxygens (including phenoxy) is 1. The molecular formula is C15H19F3N2O2. The lowest BCUT2D eigenvalue weighted by atomic mass is 9.99. The van der Waals surface area contributed by atoms with Crippen molar-refractivity contribution in [3.05, 3.63) is 23.9 Å². The van der Waals surface area contributed by atoms with Gasteiger partial charge in [-0.1, -0.05) is 13.8 Å². The predicted octanol–water partition coefficient (Wildman–Crippen LogP) is 3.13. The van der Waals surface area contributed by atoms with Crippen LogP contribution in [0.4, 0.5) is 13.2 Å². The Kier molecular flexibility index (Phi) is 4.93. The monoisotopic (exact) mass is 316 g/mol. The van der Waals surface area contributed by atoms with Gasteiger partial charge in [-0.2, -0.15) is 13.2 Å². The number of hydrogen-bond acceptors (Lipinski definition) is 3. The Morgan fingerprint density at radius 1 is 1.36 bits per heavy atom. The second-order valence-corrected chi connectivity index (χ2v) is 5.38. The van der Waals surface area contributed by atoms with Crippen molar-refractivity contribution >= 4 is 5.91 Å². The van der Waals surface area contributed by atoms with Gasteiger partial charge in [-0.25, -0.2) is 4.98 Å². The molecule has 0 spiro atoms. The van der Waals surface area contributed by atoms with Gasteiger partial charge < -0.3 is 9.64 Å². The summed E-state index contributed by atoms with van der Waals surface area (Å²) in [5.41, 5.74) is -0.806. The lowest BCUT2D eigenvalue weighted by Crippen LogP contribution is -2.57. The average Bonchev–Trinajstić information content (AvgIpc) is 2.43. The van der Waals surface area contributed by atoms with Gasteiger partial charge in [0, 0.05) is 18.2 Å². The first kappa shape index (κ1) is 16.6. The highest BCUT2D eigenvalue weighted by atomic mass is 19.4. The van der Waals surface area contributed by atoms with Crippen molar-refractivity contribution in [3.8, 4) is 5.88 Å². The molecule has 1 aromatic heterocycles. The molecule has 0 radical (unpaired) electrons. The third-order valence-electron chi connectivity index (χ3n) is 3.85. The highest BCUT2D eigenvalue weighted by molar-refractivity contribution is 5.79. The normalized spacial score (nSPS) is 15.8. The SMILES string of the molecule is CCC(CC)C(=O)N1CC(Oc2ccc(C(F)(F)F)cn2)C1. The Balaban J connectivity index is 1.84. The fourth-order valence-electron chi connectivity index (χ4n) is 2.38. The van der Waals surface area contributed by atoms with Gasteiger partial charge in [0.1, 0.15) is 6.10 Å². The molecule has 122 valence electrons. The van der Waals surface area contributed by atoms with Crippen LogP contribution in [0.1, 0.15) is 32.3 Å². The molecule has 0 N–H and O–H groups in total. The molecule has 2 heterocycles. The zero-order chi connectivity index (χ0) is 16.3. The molecule has 0 aromatic carbocycles. The Morgan fingerprint density at radius 3 is 2.45 bits per heavy atom. The van der Waals surface area contributed by atoms with Crippen LogP contribution in [0, 0.1) is 5.92 Å². The quantitative estimate of drug-likeness (QED) is 0.838. The van der Waals surface area contributed by atoms with Crippen molar-refractivity contribution in [1.82, 2.24) is 9.88 Å². The first-order valence-corrected chi connectivity index (χ1v) is 7.33. The van der Waals surface area contributed by atoms with E-state index < -0.39 is 11.7 Å². The first-order chi connectivity index (χ1) is 10.3. The highest BCUT2D eigenvalue weighted by Crippen LogP contribution is 2.29. The van der Waals surface area contributed by atoms with E-state index in [2.05, 4.69) is 4.98 Å². The van der Waals surface area contributed by atoms with E-state index in [1.165, 1.54) is 6.07 Å². The van der Waals surface area contributed by atoms with Crippen LogP contribution in [0.25, 0.3) is 0 Å². The molecule has 1 aliphatic rings. The molecule has 7 heteroatoms. The molecular weight excluding hydrogens is 297 g/mol. The maximum Gasteiger partial charge on any atom is 0.417 e. The fourth-order valence-corrected chi connectivity index (χ4v) is 2.38. The minimum absolute atomic E-state index is 0.0325. The summed E-state index contributed by atoms with van der Waals surface area (Å²) < 4.78 is 42.7. The maximum atomic E-state index is 12.4. The molecule has 0 aliphatic carbocycles. The Labute approximate surface area is 127 Å². The lowest BCUT2D eigenvalue weighted by molar-refractivity contribution is -0.145. The number of likely N-dealkylation sites (tertiary alicyclic amines) is 1. The average molecular weight is 316 g/mol. The van der Waals surface area contributed by atoms with E-state index in [1.807, 2.05) is 13.8 Å². The summed E-state index contributed by atoms with van der Waals surface area (Å²) >= 11 is 0. The number of rotatable bonds is 5. The van der Waals surface area contributed by atoms with Crippen LogP contribution in [0.15, 0.2) is 18.3 Å². The molecule has 1 aliphatic heterocycles. The van der Waals surface area contributed by atoms with Gasteiger partial charge >= 0.3 is 6.18 Å². The summed E-state index contributed by atoms with van der Waals surface area (Å²) in [5.74, 6) is 0.294. The molecule has 4 nitrogen and oxygen atoms in total. The Morgan fingerprint density at radius 2 is 2.00 bits per heavy atom. The molecule has 0 unspecified atom stereocenters. The van der Waals surface area contributed by atoms with Crippen LogP contribution in [0.5, 0.6) is 5.88 Å². The van der Waals surface area contributed by atoms with E-state index in [4.69, 9.17) is 4.74 Å². The number of carbonyl (C=O) groups is 1. The third kappa shape index (κ3) is 3.69. The number of carbonyl (C=O) groups excluding carboxylic acids is 1. The van der Waals surface area contributed by atoms with Crippen LogP contribution in [-0.4, -0.2) is 35.0 Å². The summed E-state index contributed by atoms with van der Waals surface area (Å²) in [6.07, 6.45) is -2.25. The zero-order valence-corrected chi connectivity index (χ0v) is 12.6. The molecule has 1 saturated heterocycles. The second-order valence-electron chi connectivity index (χ2n) is 5.38. The minimum Gasteiger partial charge on any atom is -0.471 e. The largest absolute Gasteiger partial charge is 0.471 e. The van der Waals surface area contributed by atoms with E-state index in [0.29, 0.717) is 13.1 Å². The standard InChI is InChI=1S/C15H19F3N2O2/c1-3-10(4-2)14(21)20-8-12(9-20)22-13-6-5-11(7-19-13)15(16,17)18/h5-7,10,12H,3-4,8-9H2,1-2H3. The van der Waals surface area contributed by atoms with Crippen LogP contribution in [-0.2, 0) is 11.0 Å². The van der Waals surface area contributed by atoms with Crippen LogP contribution in [0.3, 0.4) is 0 Å². The van der Waals surface area contributed by atoms with Gasteiger partial charge in [-0.05, 0) is 18.9 Å². The summed E-state index contributed by atoms with van der Waals surface area (Å²) in [6.45, 7) is 4.87. The van der Waals surface area contributed by atoms with Crippen molar-refractivity contribution in [1.29, 1.82) is 0 Å². The molecule has 22 heavy (non-hydrogen) atoms. The molecule has 1 aromatic rings. The van der Waals surface area contributed by atoms with Crippen molar-refractivity contribution < 1.29 is 22.7 Å². The number of nitrogens with zero attached hydrogens (tertiary/aromatic N) is 2. The van der Waals surface area contributed by atoms with Gasteiger partial charge in [-0.3, -0.25) is 4.79 Å². The van der Waals surface area contributed by atoms with Crippen LogP contribution < -0.4 is 4.74 Å². The van der Waals surface area contributed by atoms with Gasteiger partial charge in [0.15, 0.2) is 0 Å². The van der Waals surface area contributed by atoms with Crippen molar-refractivity contribution in [2.45, 2.75) is 39.0 Å². The van der Waals surface area contributed by atoms with E-state index >= 15 is 0 Å². The molecule has 0 bridgehead atoms. The van der Waals surface area contributed by atoms with Crippen LogP contribution >= 0.6 is 0 Å². The third-order valence-corrected chi connectivity index (χ3v) is 3.85. The summed E-state index contributed by atoms with van der Waals surface area (Å²) in [7, 11) is 0. The fraction of sp³-hybridized carbons (Fsp3) is 0.600. The molecule has 0 atom stereocenters. The molecule has 0 saturated carbocycles. The second kappa shape index (κ2) is 6.54. The molecule has 1 fully saturated rings. The van der Waals surface area contributed by atoms with E-state index in [-0.39, 0.29) is 23.8 Å². The Bertz CT molecular complexity index is 507. The van der Waals surface area contributed by atoms with Gasteiger partial charge in [-0.15, -0.1) is 0 Å². The predicted molar refractivity (Wildman–Crippen MR) is 74.3 cm³/mol. The van der Waals surface area contributed by atoms with Crippen molar-refractivity contribution in [3.63, 3.8) is 0 Å². The highest BCUT2D eigenvalue weighted by Gasteiger charge is 2.35. The maximum absolute atomic E-state index is 12.4. The number of pyridine rings is 1. The van der Waals surface area contributed by atoms with Gasteiger partial charge in [0.2, 0.25) is 11.8 Å². The van der Waals surface area contributed by atoms with Crippen molar-refractivity contribution in [2.75, 3.05) is 13.1 Å². The molecule has 1 amide bonds. The van der Waals surface area contributed by atoms with Gasteiger partial charge in [0.25, 0.3) is 0 Å². The minimum atomic E-state index is -4.40. The number of amides is 1. The number of hydrogen-bond donors (Lipinski definition) is 0. The van der Waals surface area contributed by atoms with E-state index in [9.17, 15) is 18.0 Å². The van der Waals surface area contributed by atoms with E-state index in [1.54, 1.807) is 4.90 Å². The van der Waals surface area contributed by atoms with Gasteiger partial charge in [0.05, 0.1) is 18.7 Å². The summed E-state index contributed by atoms with van der Waals surface area (Å²) in [5, 5.41) is 0. The lowest BCUT2D eigenvalue weighted by Gasteiger charge is -2.40. The smallest absolute Gasteiger partial charge is 0.417 e. The van der Waals surface area contributed by atoms with E-state index in [0.717, 1.165) is 25.1 Å². The molecule has 2 rings (SSSR count). The number of aromatic nitrogens is 1. The number of alkyl halides is 3. The topological polar surface area (TPSA) is 42.4 Å². The summed E-state index contributed by atoms with van der Waals surface area (Å²) in [4.78, 5) is 17.4.